The monoisotopic (exact) mass is 439 g/mol. The number of aromatic nitrogens is 4. The fourth-order valence-corrected chi connectivity index (χ4v) is 4.60. The second-order valence-electron chi connectivity index (χ2n) is 8.34. The van der Waals surface area contributed by atoms with Crippen molar-refractivity contribution in [1.82, 2.24) is 19.5 Å². The summed E-state index contributed by atoms with van der Waals surface area (Å²) in [6.07, 6.45) is 3.60. The lowest BCUT2D eigenvalue weighted by Crippen LogP contribution is -1.95. The zero-order chi connectivity index (χ0) is 22.2. The minimum atomic E-state index is 0.484. The van der Waals surface area contributed by atoms with Crippen LogP contribution in [0.3, 0.4) is 0 Å². The molecule has 5 rings (SSSR count). The molecular weight excluding hydrogens is 414 g/mol. The van der Waals surface area contributed by atoms with Gasteiger partial charge in [0, 0.05) is 41.6 Å². The van der Waals surface area contributed by atoms with Crippen LogP contribution in [0, 0.1) is 6.92 Å². The molecule has 6 heteroatoms. The first kappa shape index (κ1) is 20.4. The van der Waals surface area contributed by atoms with E-state index in [4.69, 9.17) is 9.97 Å². The molecule has 5 nitrogen and oxygen atoms in total. The van der Waals surface area contributed by atoms with Crippen molar-refractivity contribution in [3.63, 3.8) is 0 Å². The summed E-state index contributed by atoms with van der Waals surface area (Å²) in [5.74, 6) is 1.46. The SMILES string of the molecule is Cc1cc2c(cc1Nc1nc(-c3cccnc3)cs1)nc(-c1cccc(C(C)C)c1)n2C. The Kier molecular flexibility index (Phi) is 5.23. The third-order valence-electron chi connectivity index (χ3n) is 5.74. The van der Waals surface area contributed by atoms with Gasteiger partial charge in [0.25, 0.3) is 0 Å². The van der Waals surface area contributed by atoms with Crippen LogP contribution in [0.1, 0.15) is 30.9 Å². The van der Waals surface area contributed by atoms with Crippen molar-refractivity contribution in [3.8, 4) is 22.6 Å². The van der Waals surface area contributed by atoms with Crippen molar-refractivity contribution in [1.29, 1.82) is 0 Å². The van der Waals surface area contributed by atoms with E-state index >= 15 is 0 Å². The van der Waals surface area contributed by atoms with Crippen LogP contribution in [-0.2, 0) is 7.05 Å². The second kappa shape index (κ2) is 8.20. The lowest BCUT2D eigenvalue weighted by molar-refractivity contribution is 0.865. The van der Waals surface area contributed by atoms with Gasteiger partial charge in [-0.1, -0.05) is 32.0 Å². The molecule has 0 spiro atoms. The van der Waals surface area contributed by atoms with Gasteiger partial charge in [0.2, 0.25) is 0 Å². The average molecular weight is 440 g/mol. The first-order valence-electron chi connectivity index (χ1n) is 10.7. The number of benzene rings is 2. The number of nitrogens with one attached hydrogen (secondary N) is 1. The van der Waals surface area contributed by atoms with E-state index < -0.39 is 0 Å². The summed E-state index contributed by atoms with van der Waals surface area (Å²) in [6.45, 7) is 6.55. The number of pyridine rings is 1. The number of fused-ring (bicyclic) bond motifs is 1. The Morgan fingerprint density at radius 1 is 1.00 bits per heavy atom. The van der Waals surface area contributed by atoms with E-state index in [0.717, 1.165) is 50.1 Å². The van der Waals surface area contributed by atoms with E-state index in [9.17, 15) is 0 Å². The number of nitrogens with zero attached hydrogens (tertiary/aromatic N) is 4. The summed E-state index contributed by atoms with van der Waals surface area (Å²) < 4.78 is 2.18. The van der Waals surface area contributed by atoms with Gasteiger partial charge in [-0.2, -0.15) is 0 Å². The lowest BCUT2D eigenvalue weighted by atomic mass is 10.0. The Morgan fingerprint density at radius 3 is 2.62 bits per heavy atom. The topological polar surface area (TPSA) is 55.6 Å². The van der Waals surface area contributed by atoms with Crippen LogP contribution in [0.25, 0.3) is 33.7 Å². The first-order chi connectivity index (χ1) is 15.5. The van der Waals surface area contributed by atoms with Gasteiger partial charge in [0.05, 0.1) is 16.7 Å². The number of aryl methyl sites for hydroxylation is 2. The van der Waals surface area contributed by atoms with Gasteiger partial charge in [0.15, 0.2) is 5.13 Å². The van der Waals surface area contributed by atoms with Gasteiger partial charge in [-0.25, -0.2) is 9.97 Å². The van der Waals surface area contributed by atoms with Crippen LogP contribution in [0.4, 0.5) is 10.8 Å². The zero-order valence-electron chi connectivity index (χ0n) is 18.6. The fourth-order valence-electron chi connectivity index (χ4n) is 3.87. The molecule has 0 saturated heterocycles. The highest BCUT2D eigenvalue weighted by Crippen LogP contribution is 2.32. The molecule has 0 fully saturated rings. The summed E-state index contributed by atoms with van der Waals surface area (Å²) >= 11 is 1.59. The van der Waals surface area contributed by atoms with Crippen molar-refractivity contribution >= 4 is 33.2 Å². The van der Waals surface area contributed by atoms with E-state index in [2.05, 4.69) is 79.1 Å². The van der Waals surface area contributed by atoms with Gasteiger partial charge < -0.3 is 9.88 Å². The maximum atomic E-state index is 4.98. The van der Waals surface area contributed by atoms with Gasteiger partial charge >= 0.3 is 0 Å². The van der Waals surface area contributed by atoms with E-state index in [1.165, 1.54) is 5.56 Å². The van der Waals surface area contributed by atoms with Crippen LogP contribution >= 0.6 is 11.3 Å². The lowest BCUT2D eigenvalue weighted by Gasteiger charge is -2.09. The molecule has 0 unspecified atom stereocenters. The van der Waals surface area contributed by atoms with Crippen LogP contribution in [-0.4, -0.2) is 19.5 Å². The van der Waals surface area contributed by atoms with Crippen molar-refractivity contribution in [2.24, 2.45) is 7.05 Å². The third kappa shape index (κ3) is 3.78. The summed E-state index contributed by atoms with van der Waals surface area (Å²) in [4.78, 5) is 13.9. The molecule has 0 amide bonds. The number of imidazole rings is 1. The van der Waals surface area contributed by atoms with E-state index in [1.807, 2.05) is 23.7 Å². The molecule has 0 bridgehead atoms. The van der Waals surface area contributed by atoms with E-state index in [-0.39, 0.29) is 0 Å². The van der Waals surface area contributed by atoms with Gasteiger partial charge in [-0.15, -0.1) is 11.3 Å². The molecule has 0 aliphatic rings. The van der Waals surface area contributed by atoms with Crippen molar-refractivity contribution < 1.29 is 0 Å². The summed E-state index contributed by atoms with van der Waals surface area (Å²) in [7, 11) is 2.08. The smallest absolute Gasteiger partial charge is 0.187 e. The molecule has 160 valence electrons. The minimum Gasteiger partial charge on any atom is -0.331 e. The number of rotatable bonds is 5. The maximum absolute atomic E-state index is 4.98. The Hall–Kier alpha value is -3.51. The third-order valence-corrected chi connectivity index (χ3v) is 6.50. The van der Waals surface area contributed by atoms with Gasteiger partial charge in [0.1, 0.15) is 5.82 Å². The molecular formula is C26H25N5S. The molecule has 0 radical (unpaired) electrons. The predicted molar refractivity (Wildman–Crippen MR) is 134 cm³/mol. The normalized spacial score (nSPS) is 11.4. The van der Waals surface area contributed by atoms with Crippen molar-refractivity contribution in [3.05, 3.63) is 77.4 Å². The summed E-state index contributed by atoms with van der Waals surface area (Å²) in [6, 6.07) is 16.9. The second-order valence-corrected chi connectivity index (χ2v) is 9.19. The summed E-state index contributed by atoms with van der Waals surface area (Å²) in [5.41, 5.74) is 8.66. The Balaban J connectivity index is 1.49. The van der Waals surface area contributed by atoms with Crippen LogP contribution in [0.2, 0.25) is 0 Å². The molecule has 0 atom stereocenters. The number of hydrogen-bond acceptors (Lipinski definition) is 5. The minimum absolute atomic E-state index is 0.484. The molecule has 1 N–H and O–H groups in total. The predicted octanol–water partition coefficient (Wildman–Crippen LogP) is 6.93. The highest BCUT2D eigenvalue weighted by Gasteiger charge is 2.14. The Bertz CT molecular complexity index is 1400. The van der Waals surface area contributed by atoms with E-state index in [1.54, 1.807) is 17.5 Å². The zero-order valence-corrected chi connectivity index (χ0v) is 19.4. The first-order valence-corrected chi connectivity index (χ1v) is 11.6. The van der Waals surface area contributed by atoms with Gasteiger partial charge in [-0.3, -0.25) is 4.98 Å². The molecule has 2 aromatic carbocycles. The van der Waals surface area contributed by atoms with E-state index in [0.29, 0.717) is 5.92 Å². The molecule has 3 aromatic heterocycles. The Labute approximate surface area is 191 Å². The van der Waals surface area contributed by atoms with Crippen molar-refractivity contribution in [2.45, 2.75) is 26.7 Å². The van der Waals surface area contributed by atoms with Crippen LogP contribution in [0.15, 0.2) is 66.3 Å². The highest BCUT2D eigenvalue weighted by molar-refractivity contribution is 7.14. The number of anilines is 2. The molecule has 5 aromatic rings. The standard InChI is InChI=1S/C26H25N5S/c1-16(2)18-7-5-8-19(12-18)25-28-22-13-21(17(3)11-24(22)31(25)4)29-26-30-23(15-32-26)20-9-6-10-27-14-20/h5-16H,1-4H3,(H,29,30). The number of hydrogen-bond donors (Lipinski definition) is 1. The van der Waals surface area contributed by atoms with Crippen LogP contribution in [0.5, 0.6) is 0 Å². The molecule has 3 heterocycles. The number of thiazole rings is 1. The molecule has 0 aliphatic heterocycles. The average Bonchev–Trinajstić information content (AvgIpc) is 3.40. The fraction of sp³-hybridized carbons (Fsp3) is 0.192. The van der Waals surface area contributed by atoms with Gasteiger partial charge in [-0.05, 0) is 54.3 Å². The highest BCUT2D eigenvalue weighted by atomic mass is 32.1. The van der Waals surface area contributed by atoms with Crippen molar-refractivity contribution in [2.75, 3.05) is 5.32 Å². The summed E-state index contributed by atoms with van der Waals surface area (Å²) in [5, 5.41) is 6.39. The largest absolute Gasteiger partial charge is 0.331 e. The maximum Gasteiger partial charge on any atom is 0.187 e. The molecule has 32 heavy (non-hydrogen) atoms. The molecule has 0 saturated carbocycles. The Morgan fingerprint density at radius 2 is 1.84 bits per heavy atom. The quantitative estimate of drug-likeness (QED) is 0.322. The van der Waals surface area contributed by atoms with Crippen LogP contribution < -0.4 is 5.32 Å². The molecule has 0 aliphatic carbocycles.